The first-order valence-corrected chi connectivity index (χ1v) is 8.58. The first-order valence-electron chi connectivity index (χ1n) is 7.59. The van der Waals surface area contributed by atoms with E-state index < -0.39 is 34.5 Å². The van der Waals surface area contributed by atoms with Gasteiger partial charge >= 0.3 is 5.97 Å². The third-order valence-electron chi connectivity index (χ3n) is 3.27. The molecule has 0 radical (unpaired) electrons. The second-order valence-electron chi connectivity index (χ2n) is 5.26. The van der Waals surface area contributed by atoms with Crippen LogP contribution in [0.25, 0.3) is 0 Å². The summed E-state index contributed by atoms with van der Waals surface area (Å²) in [6, 6.07) is 8.42. The molecule has 0 aliphatic rings. The maximum atomic E-state index is 13.5. The van der Waals surface area contributed by atoms with Gasteiger partial charge in [-0.3, -0.25) is 19.7 Å². The number of nitrogens with one attached hydrogen (secondary N) is 1. The van der Waals surface area contributed by atoms with Crippen LogP contribution in [0.5, 0.6) is 0 Å². The molecule has 7 nitrogen and oxygen atoms in total. The molecule has 0 aliphatic heterocycles. The van der Waals surface area contributed by atoms with Crippen molar-refractivity contribution >= 4 is 35.0 Å². The molecule has 0 unspecified atom stereocenters. The monoisotopic (exact) mass is 396 g/mol. The van der Waals surface area contributed by atoms with Crippen molar-refractivity contribution in [1.82, 2.24) is 0 Å². The lowest BCUT2D eigenvalue weighted by Gasteiger charge is -2.14. The maximum absolute atomic E-state index is 13.5. The molecule has 0 saturated carbocycles. The lowest BCUT2D eigenvalue weighted by molar-refractivity contribution is -0.387. The number of nitro benzene ring substituents is 1. The van der Waals surface area contributed by atoms with E-state index in [4.69, 9.17) is 4.74 Å². The van der Waals surface area contributed by atoms with E-state index in [-0.39, 0.29) is 22.0 Å². The van der Waals surface area contributed by atoms with E-state index in [9.17, 15) is 28.5 Å². The summed E-state index contributed by atoms with van der Waals surface area (Å²) in [5, 5.41) is 13.1. The molecule has 0 bridgehead atoms. The largest absolute Gasteiger partial charge is 0.452 e. The quantitative estimate of drug-likeness (QED) is 0.333. The van der Waals surface area contributed by atoms with Gasteiger partial charge in [0.25, 0.3) is 11.6 Å². The van der Waals surface area contributed by atoms with Crippen LogP contribution in [-0.4, -0.2) is 28.7 Å². The van der Waals surface area contributed by atoms with E-state index in [1.165, 1.54) is 25.1 Å². The van der Waals surface area contributed by atoms with Crippen molar-refractivity contribution in [3.63, 3.8) is 0 Å². The highest BCUT2D eigenvalue weighted by Crippen LogP contribution is 2.28. The third kappa shape index (κ3) is 5.74. The van der Waals surface area contributed by atoms with E-state index in [0.29, 0.717) is 0 Å². The normalized spacial score (nSPS) is 11.5. The molecular weight excluding hydrogens is 382 g/mol. The van der Waals surface area contributed by atoms with Crippen LogP contribution in [0, 0.1) is 21.7 Å². The number of amides is 1. The SMILES string of the molecule is C[C@H](OC(=O)CSc1ccccc1[N+](=O)[O-])C(=O)Nc1cc(F)ccc1F. The van der Waals surface area contributed by atoms with E-state index in [1.54, 1.807) is 6.07 Å². The minimum absolute atomic E-state index is 0.150. The minimum atomic E-state index is -1.27. The van der Waals surface area contributed by atoms with E-state index >= 15 is 0 Å². The Balaban J connectivity index is 1.91. The van der Waals surface area contributed by atoms with Crippen LogP contribution in [0.3, 0.4) is 0 Å². The molecular formula is C17H14F2N2O5S. The summed E-state index contributed by atoms with van der Waals surface area (Å²) in [7, 11) is 0. The van der Waals surface area contributed by atoms with Crippen LogP contribution in [0.2, 0.25) is 0 Å². The van der Waals surface area contributed by atoms with Crippen LogP contribution in [0.1, 0.15) is 6.92 Å². The average Bonchev–Trinajstić information content (AvgIpc) is 2.63. The lowest BCUT2D eigenvalue weighted by Crippen LogP contribution is -2.30. The summed E-state index contributed by atoms with van der Waals surface area (Å²) in [6.45, 7) is 1.26. The Morgan fingerprint density at radius 3 is 2.67 bits per heavy atom. The van der Waals surface area contributed by atoms with Gasteiger partial charge in [0.05, 0.1) is 21.3 Å². The van der Waals surface area contributed by atoms with Crippen LogP contribution < -0.4 is 5.32 Å². The molecule has 0 fully saturated rings. The number of para-hydroxylation sites is 1. The molecule has 2 aromatic rings. The number of halogens is 2. The number of anilines is 1. The fourth-order valence-corrected chi connectivity index (χ4v) is 2.79. The summed E-state index contributed by atoms with van der Waals surface area (Å²) in [5.74, 6) is -3.48. The van der Waals surface area contributed by atoms with Crippen LogP contribution in [-0.2, 0) is 14.3 Å². The second-order valence-corrected chi connectivity index (χ2v) is 6.28. The number of benzene rings is 2. The first-order chi connectivity index (χ1) is 12.8. The van der Waals surface area contributed by atoms with E-state index in [2.05, 4.69) is 5.32 Å². The molecule has 0 aliphatic carbocycles. The minimum Gasteiger partial charge on any atom is -0.452 e. The van der Waals surface area contributed by atoms with Crippen molar-refractivity contribution in [2.75, 3.05) is 11.1 Å². The van der Waals surface area contributed by atoms with E-state index in [0.717, 1.165) is 30.0 Å². The van der Waals surface area contributed by atoms with Crippen molar-refractivity contribution in [2.45, 2.75) is 17.9 Å². The van der Waals surface area contributed by atoms with Gasteiger partial charge in [-0.1, -0.05) is 12.1 Å². The molecule has 27 heavy (non-hydrogen) atoms. The van der Waals surface area contributed by atoms with Crippen LogP contribution >= 0.6 is 11.8 Å². The fourth-order valence-electron chi connectivity index (χ4n) is 1.98. The highest BCUT2D eigenvalue weighted by molar-refractivity contribution is 8.00. The zero-order chi connectivity index (χ0) is 20.0. The Hall–Kier alpha value is -3.01. The van der Waals surface area contributed by atoms with Gasteiger partial charge in [-0.15, -0.1) is 11.8 Å². The number of hydrogen-bond donors (Lipinski definition) is 1. The Morgan fingerprint density at radius 2 is 1.96 bits per heavy atom. The summed E-state index contributed by atoms with van der Waals surface area (Å²) in [4.78, 5) is 34.4. The van der Waals surface area contributed by atoms with Gasteiger partial charge in [0.1, 0.15) is 11.6 Å². The van der Waals surface area contributed by atoms with Crippen molar-refractivity contribution in [2.24, 2.45) is 0 Å². The summed E-state index contributed by atoms with van der Waals surface area (Å²) < 4.78 is 31.5. The molecule has 10 heteroatoms. The molecule has 0 heterocycles. The van der Waals surface area contributed by atoms with Gasteiger partial charge in [0.15, 0.2) is 6.10 Å². The Morgan fingerprint density at radius 1 is 1.26 bits per heavy atom. The Kier molecular flexibility index (Phi) is 6.83. The number of carbonyl (C=O) groups is 2. The zero-order valence-electron chi connectivity index (χ0n) is 14.0. The van der Waals surface area contributed by atoms with Crippen LogP contribution in [0.15, 0.2) is 47.4 Å². The van der Waals surface area contributed by atoms with Gasteiger partial charge in [-0.05, 0) is 25.1 Å². The molecule has 1 atom stereocenters. The summed E-state index contributed by atoms with van der Waals surface area (Å²) in [5.41, 5.74) is -0.528. The van der Waals surface area contributed by atoms with Crippen molar-refractivity contribution in [1.29, 1.82) is 0 Å². The number of carbonyl (C=O) groups excluding carboxylic acids is 2. The molecule has 0 saturated heterocycles. The predicted molar refractivity (Wildman–Crippen MR) is 94.4 cm³/mol. The second kappa shape index (κ2) is 9.08. The summed E-state index contributed by atoms with van der Waals surface area (Å²) >= 11 is 0.888. The molecule has 0 aromatic heterocycles. The lowest BCUT2D eigenvalue weighted by atomic mass is 10.2. The third-order valence-corrected chi connectivity index (χ3v) is 4.31. The topological polar surface area (TPSA) is 98.5 Å². The number of hydrogen-bond acceptors (Lipinski definition) is 6. The van der Waals surface area contributed by atoms with Crippen molar-refractivity contribution < 1.29 is 28.0 Å². The number of ether oxygens (including phenoxy) is 1. The fraction of sp³-hybridized carbons (Fsp3) is 0.176. The van der Waals surface area contributed by atoms with Crippen molar-refractivity contribution in [3.8, 4) is 0 Å². The highest BCUT2D eigenvalue weighted by atomic mass is 32.2. The Labute approximate surface area is 156 Å². The average molecular weight is 396 g/mol. The number of nitro groups is 1. The molecule has 142 valence electrons. The van der Waals surface area contributed by atoms with Crippen molar-refractivity contribution in [3.05, 3.63) is 64.2 Å². The molecule has 1 amide bonds. The standard InChI is InChI=1S/C17H14F2N2O5S/c1-10(17(23)20-13-8-11(18)6-7-12(13)19)26-16(22)9-27-15-5-3-2-4-14(15)21(24)25/h2-8,10H,9H2,1H3,(H,20,23)/t10-/m0/s1. The van der Waals surface area contributed by atoms with Gasteiger partial charge in [-0.25, -0.2) is 8.78 Å². The van der Waals surface area contributed by atoms with Gasteiger partial charge < -0.3 is 10.1 Å². The Bertz CT molecular complexity index is 878. The molecule has 2 rings (SSSR count). The number of esters is 1. The smallest absolute Gasteiger partial charge is 0.317 e. The molecule has 1 N–H and O–H groups in total. The van der Waals surface area contributed by atoms with Gasteiger partial charge in [0, 0.05) is 12.1 Å². The molecule has 2 aromatic carbocycles. The first kappa shape index (κ1) is 20.3. The van der Waals surface area contributed by atoms with Gasteiger partial charge in [-0.2, -0.15) is 0 Å². The number of thioether (sulfide) groups is 1. The molecule has 0 spiro atoms. The van der Waals surface area contributed by atoms with Crippen LogP contribution in [0.4, 0.5) is 20.2 Å². The van der Waals surface area contributed by atoms with E-state index in [1.807, 2.05) is 0 Å². The maximum Gasteiger partial charge on any atom is 0.317 e. The highest BCUT2D eigenvalue weighted by Gasteiger charge is 2.21. The predicted octanol–water partition coefficient (Wildman–Crippen LogP) is 3.54. The zero-order valence-corrected chi connectivity index (χ0v) is 14.8. The van der Waals surface area contributed by atoms with Gasteiger partial charge in [0.2, 0.25) is 0 Å². The number of rotatable bonds is 7. The number of nitrogens with zero attached hydrogens (tertiary/aromatic N) is 1. The summed E-state index contributed by atoms with van der Waals surface area (Å²) in [6.07, 6.45) is -1.27.